The molecule has 0 saturated heterocycles. The monoisotopic (exact) mass is 236 g/mol. The van der Waals surface area contributed by atoms with E-state index in [1.54, 1.807) is 0 Å². The molecule has 72 valence electrons. The van der Waals surface area contributed by atoms with Crippen LogP contribution in [0, 0.1) is 0 Å². The van der Waals surface area contributed by atoms with Gasteiger partial charge in [-0.15, -0.1) is 0 Å². The van der Waals surface area contributed by atoms with Gasteiger partial charge in [0.1, 0.15) is 0 Å². The molecule has 9 nitrogen and oxygen atoms in total. The van der Waals surface area contributed by atoms with Crippen molar-refractivity contribution in [3.8, 4) is 0 Å². The minimum absolute atomic E-state index is 0. The molecular formula is H5NaO9S2. The van der Waals surface area contributed by atoms with Crippen molar-refractivity contribution in [1.82, 2.24) is 0 Å². The Bertz CT molecular complexity index is 254. The third-order valence-electron chi connectivity index (χ3n) is 0.200. The van der Waals surface area contributed by atoms with Crippen LogP contribution in [0.15, 0.2) is 0 Å². The molecule has 0 amide bonds. The maximum atomic E-state index is 9.51. The minimum atomic E-state index is -5.02. The summed E-state index contributed by atoms with van der Waals surface area (Å²) in [6.07, 6.45) is 0. The second-order valence-electron chi connectivity index (χ2n) is 0.992. The van der Waals surface area contributed by atoms with Gasteiger partial charge in [-0.25, -0.2) is 0 Å². The molecule has 0 aliphatic heterocycles. The van der Waals surface area contributed by atoms with Crippen molar-refractivity contribution in [1.29, 1.82) is 0 Å². The fraction of sp³-hybridized carbons (Fsp3) is 0. The molecule has 0 rings (SSSR count). The van der Waals surface area contributed by atoms with E-state index in [-0.39, 0.29) is 36.5 Å². The minimum Gasteiger partial charge on any atom is -1.00 e. The molecule has 0 heterocycles. The van der Waals surface area contributed by atoms with Crippen LogP contribution in [0.1, 0.15) is 1.43 Å². The quantitative estimate of drug-likeness (QED) is 0.213. The Morgan fingerprint density at radius 1 is 0.917 bits per heavy atom. The number of hydrogen-bond donors (Lipinski definition) is 2. The van der Waals surface area contributed by atoms with Crippen LogP contribution in [0.4, 0.5) is 0 Å². The van der Waals surface area contributed by atoms with Gasteiger partial charge in [0.15, 0.2) is 0 Å². The van der Waals surface area contributed by atoms with Gasteiger partial charge in [-0.05, 0) is 0 Å². The van der Waals surface area contributed by atoms with Gasteiger partial charge in [0.25, 0.3) is 0 Å². The maximum absolute atomic E-state index is 9.51. The van der Waals surface area contributed by atoms with Crippen molar-refractivity contribution in [2.24, 2.45) is 0 Å². The van der Waals surface area contributed by atoms with Gasteiger partial charge in [0, 0.05) is 0 Å². The molecule has 0 aliphatic rings. The van der Waals surface area contributed by atoms with Gasteiger partial charge < -0.3 is 6.90 Å². The molecule has 0 aromatic rings. The summed E-state index contributed by atoms with van der Waals surface area (Å²) in [5, 5.41) is 0. The zero-order chi connectivity index (χ0) is 8.41. The van der Waals surface area contributed by atoms with Crippen molar-refractivity contribution >= 4 is 20.8 Å². The summed E-state index contributed by atoms with van der Waals surface area (Å²) in [6, 6.07) is 0. The first-order valence-corrected chi connectivity index (χ1v) is 4.26. The molecule has 0 unspecified atom stereocenters. The molecule has 0 aliphatic carbocycles. The molecule has 4 N–H and O–H groups in total. The molecule has 0 aromatic carbocycles. The van der Waals surface area contributed by atoms with Crippen LogP contribution >= 0.6 is 0 Å². The third kappa shape index (κ3) is 17.0. The number of rotatable bonds is 3. The first-order valence-electron chi connectivity index (χ1n) is 1.53. The Kier molecular flexibility index (Phi) is 9.54. The second kappa shape index (κ2) is 6.20. The van der Waals surface area contributed by atoms with Crippen molar-refractivity contribution in [3.63, 3.8) is 0 Å². The Balaban J connectivity index is -0.000000135. The molecule has 0 spiro atoms. The van der Waals surface area contributed by atoms with Gasteiger partial charge in [-0.1, -0.05) is 8.67 Å². The molecule has 0 saturated carbocycles. The van der Waals surface area contributed by atoms with Gasteiger partial charge in [-0.3, -0.25) is 9.11 Å². The third-order valence-corrected chi connectivity index (χ3v) is 0.766. The topological polar surface area (TPSA) is 159 Å². The average Bonchev–Trinajstić information content (AvgIpc) is 1.57. The van der Waals surface area contributed by atoms with E-state index in [0.29, 0.717) is 0 Å². The van der Waals surface area contributed by atoms with Crippen LogP contribution in [-0.4, -0.2) is 31.4 Å². The van der Waals surface area contributed by atoms with Gasteiger partial charge in [-0.2, -0.15) is 16.8 Å². The molecule has 0 radical (unpaired) electrons. The fourth-order valence-corrected chi connectivity index (χ4v) is 0.632. The zero-order valence-corrected chi connectivity index (χ0v) is 9.29. The van der Waals surface area contributed by atoms with E-state index in [1.807, 2.05) is 0 Å². The van der Waals surface area contributed by atoms with E-state index in [0.717, 1.165) is 0 Å². The average molecular weight is 236 g/mol. The summed E-state index contributed by atoms with van der Waals surface area (Å²) in [7, 11) is -10.0. The first-order chi connectivity index (χ1) is 4.21. The molecule has 12 heavy (non-hydrogen) atoms. The molecule has 12 heteroatoms. The van der Waals surface area contributed by atoms with E-state index in [9.17, 15) is 16.8 Å². The molecule has 0 atom stereocenters. The van der Waals surface area contributed by atoms with Gasteiger partial charge in [0.05, 0.1) is 0 Å². The van der Waals surface area contributed by atoms with E-state index in [2.05, 4.69) is 8.67 Å². The van der Waals surface area contributed by atoms with Crippen LogP contribution in [0.5, 0.6) is 0 Å². The normalized spacial score (nSPS) is 11.2. The molecule has 0 bridgehead atoms. The summed E-state index contributed by atoms with van der Waals surface area (Å²) >= 11 is 0. The van der Waals surface area contributed by atoms with E-state index < -0.39 is 20.8 Å². The second-order valence-corrected chi connectivity index (χ2v) is 2.97. The van der Waals surface area contributed by atoms with Crippen LogP contribution in [0.3, 0.4) is 0 Å². The zero-order valence-electron chi connectivity index (χ0n) is 6.66. The Hall–Kier alpha value is 0.700. The Morgan fingerprint density at radius 3 is 1.17 bits per heavy atom. The van der Waals surface area contributed by atoms with Crippen LogP contribution in [0.2, 0.25) is 0 Å². The summed E-state index contributed by atoms with van der Waals surface area (Å²) in [4.78, 5) is 0. The van der Waals surface area contributed by atoms with Gasteiger partial charge >= 0.3 is 50.4 Å². The SMILES string of the molecule is O.O=S(=O)(O)OOS(=O)(=O)O.[H-].[Na+]. The summed E-state index contributed by atoms with van der Waals surface area (Å²) < 4.78 is 58.9. The Labute approximate surface area is 91.6 Å². The van der Waals surface area contributed by atoms with Crippen molar-refractivity contribution in [2.75, 3.05) is 0 Å². The van der Waals surface area contributed by atoms with E-state index in [1.165, 1.54) is 0 Å². The summed E-state index contributed by atoms with van der Waals surface area (Å²) in [5.74, 6) is 0. The Morgan fingerprint density at radius 2 is 1.08 bits per heavy atom. The predicted octanol–water partition coefficient (Wildman–Crippen LogP) is -5.17. The van der Waals surface area contributed by atoms with Crippen LogP contribution in [0.25, 0.3) is 0 Å². The first kappa shape index (κ1) is 18.5. The largest absolute Gasteiger partial charge is 1.00 e. The number of hydrogen-bond acceptors (Lipinski definition) is 6. The van der Waals surface area contributed by atoms with E-state index >= 15 is 0 Å². The van der Waals surface area contributed by atoms with Crippen molar-refractivity contribution < 1.29 is 71.1 Å². The van der Waals surface area contributed by atoms with Crippen LogP contribution in [-0.2, 0) is 29.5 Å². The standard InChI is InChI=1S/Na.H2O8S2.H2O.H/c;1-9(2,3)7-8-10(4,5)6;;/h;(H,1,2,3)(H,4,5,6);1H2;/q+1;;;-1. The smallest absolute Gasteiger partial charge is 1.00 e. The predicted molar refractivity (Wildman–Crippen MR) is 30.0 cm³/mol. The van der Waals surface area contributed by atoms with Crippen molar-refractivity contribution in [2.45, 2.75) is 0 Å². The molecule has 0 fully saturated rings. The molecular weight excluding hydrogens is 231 g/mol. The van der Waals surface area contributed by atoms with Gasteiger partial charge in [0.2, 0.25) is 0 Å². The van der Waals surface area contributed by atoms with Crippen molar-refractivity contribution in [3.05, 3.63) is 0 Å². The fourth-order valence-electron chi connectivity index (χ4n) is 0.0702. The summed E-state index contributed by atoms with van der Waals surface area (Å²) in [6.45, 7) is 0. The van der Waals surface area contributed by atoms with Crippen LogP contribution < -0.4 is 29.6 Å². The van der Waals surface area contributed by atoms with E-state index in [4.69, 9.17) is 9.11 Å². The maximum Gasteiger partial charge on any atom is 1.00 e. The molecule has 0 aromatic heterocycles. The summed E-state index contributed by atoms with van der Waals surface area (Å²) in [5.41, 5.74) is 0.